The van der Waals surface area contributed by atoms with Crippen LogP contribution in [-0.2, 0) is 28.7 Å². The van der Waals surface area contributed by atoms with Gasteiger partial charge in [-0.2, -0.15) is 5.26 Å². The lowest BCUT2D eigenvalue weighted by atomic mass is 9.77. The van der Waals surface area contributed by atoms with Crippen LogP contribution in [0.3, 0.4) is 0 Å². The summed E-state index contributed by atoms with van der Waals surface area (Å²) in [7, 11) is 1.81. The second-order valence-electron chi connectivity index (χ2n) is 19.1. The first-order valence-corrected chi connectivity index (χ1v) is 23.9. The third-order valence-corrected chi connectivity index (χ3v) is 14.9. The van der Waals surface area contributed by atoms with Crippen LogP contribution >= 0.6 is 11.6 Å². The predicted molar refractivity (Wildman–Crippen MR) is 253 cm³/mol. The van der Waals surface area contributed by atoms with Gasteiger partial charge in [0.1, 0.15) is 24.5 Å². The van der Waals surface area contributed by atoms with E-state index in [4.69, 9.17) is 26.1 Å². The van der Waals surface area contributed by atoms with Gasteiger partial charge in [0, 0.05) is 102 Å². The number of nitrogens with zero attached hydrogens (tertiary/aromatic N) is 9. The maximum Gasteiger partial charge on any atom is 0.329 e. The zero-order chi connectivity index (χ0) is 46.3. The van der Waals surface area contributed by atoms with Crippen LogP contribution in [-0.4, -0.2) is 123 Å². The number of nitrogens with one attached hydrogen (secondary N) is 1. The molecule has 2 aromatic heterocycles. The molecular weight excluding hydrogens is 856 g/mol. The molecule has 2 atom stereocenters. The van der Waals surface area contributed by atoms with Gasteiger partial charge in [-0.05, 0) is 79.6 Å². The van der Waals surface area contributed by atoms with Gasteiger partial charge < -0.3 is 14.4 Å². The van der Waals surface area contributed by atoms with Crippen molar-refractivity contribution in [1.29, 1.82) is 5.26 Å². The molecule has 0 spiro atoms. The fraction of sp³-hybridized carbons (Fsp3) is 0.520. The third-order valence-electron chi connectivity index (χ3n) is 14.6. The van der Waals surface area contributed by atoms with E-state index in [1.165, 1.54) is 12.8 Å². The van der Waals surface area contributed by atoms with Crippen molar-refractivity contribution in [3.63, 3.8) is 0 Å². The quantitative estimate of drug-likeness (QED) is 0.165. The number of carbonyl (C=O) groups excluding carboxylic acids is 2. The van der Waals surface area contributed by atoms with Gasteiger partial charge in [-0.15, -0.1) is 0 Å². The van der Waals surface area contributed by atoms with E-state index in [0.717, 1.165) is 111 Å². The van der Waals surface area contributed by atoms with E-state index in [-0.39, 0.29) is 29.8 Å². The highest BCUT2D eigenvalue weighted by Crippen LogP contribution is 2.40. The first kappa shape index (κ1) is 45.6. The molecule has 15 nitrogen and oxygen atoms in total. The van der Waals surface area contributed by atoms with Crippen molar-refractivity contribution in [2.45, 2.75) is 95.9 Å². The number of rotatable bonds is 13. The second kappa shape index (κ2) is 19.0. The Morgan fingerprint density at radius 2 is 1.65 bits per heavy atom. The molecule has 1 aliphatic carbocycles. The summed E-state index contributed by atoms with van der Waals surface area (Å²) in [6.45, 7) is 17.7. The molecule has 4 fully saturated rings. The SMILES string of the molecule is CCOc1c(Cl)cc(C(C)(C)c2ccc(OCc3ccnc(N4CCN(C5CCN(C6CN(CC7=CCC(C)c8c7n(C)c(=O)n8C7CCC(=O)NC7=O)C6)CC5)CC4)n3)cc2)cc1C#N. The maximum atomic E-state index is 13.6. The number of amides is 2. The summed E-state index contributed by atoms with van der Waals surface area (Å²) in [5.74, 6) is 1.36. The number of fused-ring (bicyclic) bond motifs is 1. The highest BCUT2D eigenvalue weighted by molar-refractivity contribution is 6.32. The van der Waals surface area contributed by atoms with Crippen molar-refractivity contribution in [2.75, 3.05) is 70.4 Å². The Bertz CT molecular complexity index is 2590. The molecule has 2 amide bonds. The molecule has 0 saturated carbocycles. The highest BCUT2D eigenvalue weighted by atomic mass is 35.5. The Kier molecular flexibility index (Phi) is 13.1. The molecule has 9 rings (SSSR count). The first-order chi connectivity index (χ1) is 31.8. The summed E-state index contributed by atoms with van der Waals surface area (Å²) in [4.78, 5) is 57.9. The maximum absolute atomic E-state index is 13.6. The van der Waals surface area contributed by atoms with Crippen LogP contribution in [0, 0.1) is 11.3 Å². The van der Waals surface area contributed by atoms with Gasteiger partial charge in [0.25, 0.3) is 0 Å². The summed E-state index contributed by atoms with van der Waals surface area (Å²) < 4.78 is 15.2. The molecule has 5 aliphatic rings. The summed E-state index contributed by atoms with van der Waals surface area (Å²) in [6.07, 6.45) is 7.84. The Morgan fingerprint density at radius 3 is 2.35 bits per heavy atom. The molecule has 66 heavy (non-hydrogen) atoms. The Morgan fingerprint density at radius 1 is 0.924 bits per heavy atom. The van der Waals surface area contributed by atoms with Gasteiger partial charge in [0.15, 0.2) is 5.75 Å². The number of piperazine rings is 1. The van der Waals surface area contributed by atoms with E-state index in [1.54, 1.807) is 9.13 Å². The minimum Gasteiger partial charge on any atom is -0.491 e. The van der Waals surface area contributed by atoms with E-state index in [1.807, 2.05) is 62.6 Å². The number of benzene rings is 2. The Hall–Kier alpha value is -5.53. The van der Waals surface area contributed by atoms with Crippen LogP contribution in [0.25, 0.3) is 5.57 Å². The van der Waals surface area contributed by atoms with Gasteiger partial charge in [-0.25, -0.2) is 14.8 Å². The number of likely N-dealkylation sites (tertiary alicyclic amines) is 2. The van der Waals surface area contributed by atoms with Crippen LogP contribution in [0.2, 0.25) is 5.02 Å². The number of imidazole rings is 1. The fourth-order valence-electron chi connectivity index (χ4n) is 10.7. The molecule has 0 bridgehead atoms. The number of ether oxygens (including phenoxy) is 2. The zero-order valence-corrected chi connectivity index (χ0v) is 39.5. The largest absolute Gasteiger partial charge is 0.491 e. The van der Waals surface area contributed by atoms with Crippen molar-refractivity contribution >= 4 is 34.9 Å². The van der Waals surface area contributed by atoms with Gasteiger partial charge in [-0.3, -0.25) is 38.7 Å². The van der Waals surface area contributed by atoms with E-state index >= 15 is 0 Å². The summed E-state index contributed by atoms with van der Waals surface area (Å²) in [5.41, 5.74) is 5.66. The second-order valence-corrected chi connectivity index (χ2v) is 19.5. The van der Waals surface area contributed by atoms with Crippen LogP contribution in [0.1, 0.15) is 106 Å². The third kappa shape index (κ3) is 9.00. The molecule has 2 aromatic carbocycles. The molecule has 16 heteroatoms. The van der Waals surface area contributed by atoms with Crippen LogP contribution < -0.4 is 25.4 Å². The lowest BCUT2D eigenvalue weighted by molar-refractivity contribution is -0.135. The molecule has 348 valence electrons. The summed E-state index contributed by atoms with van der Waals surface area (Å²) >= 11 is 6.55. The van der Waals surface area contributed by atoms with Gasteiger partial charge in [0.05, 0.1) is 34.3 Å². The van der Waals surface area contributed by atoms with Crippen molar-refractivity contribution < 1.29 is 19.1 Å². The highest BCUT2D eigenvalue weighted by Gasteiger charge is 2.39. The van der Waals surface area contributed by atoms with Gasteiger partial charge in [0.2, 0.25) is 17.8 Å². The molecule has 0 radical (unpaired) electrons. The molecule has 2 unspecified atom stereocenters. The molecule has 4 aromatic rings. The number of anilines is 1. The monoisotopic (exact) mass is 916 g/mol. The molecule has 4 aliphatic heterocycles. The predicted octanol–water partition coefficient (Wildman–Crippen LogP) is 5.64. The van der Waals surface area contributed by atoms with E-state index < -0.39 is 11.5 Å². The molecule has 6 heterocycles. The number of piperidine rings is 2. The number of carbonyl (C=O) groups is 2. The van der Waals surface area contributed by atoms with Gasteiger partial charge >= 0.3 is 5.69 Å². The Labute approximate surface area is 391 Å². The standard InChI is InChI=1S/C50H61ClN10O5/c1-6-65-46-34(27-52)25-36(26-41(46)51)50(3,4)35-9-11-40(12-10-35)66-31-37-15-18-53-48(54-37)60-23-21-59(22-24-60)38-16-19-58(20-17-38)39-29-57(30-39)28-33-8-7-32(2)44-45(33)56(5)49(64)61(44)42-13-14-43(62)55-47(42)63/h8-12,15,18,25-26,32,38-39,42H,6-7,13-14,16-17,19-24,28-31H2,1-5H3,(H,55,62,63). The molecular formula is C50H61ClN10O5. The lowest BCUT2D eigenvalue weighted by Gasteiger charge is -2.49. The van der Waals surface area contributed by atoms with Crippen molar-refractivity contribution in [3.05, 3.63) is 104 Å². The Balaban J connectivity index is 0.722. The number of imide groups is 1. The number of hydrogen-bond donors (Lipinski definition) is 1. The average molecular weight is 918 g/mol. The van der Waals surface area contributed by atoms with E-state index in [0.29, 0.717) is 48.1 Å². The smallest absolute Gasteiger partial charge is 0.329 e. The van der Waals surface area contributed by atoms with Crippen molar-refractivity contribution in [1.82, 2.24) is 39.1 Å². The van der Waals surface area contributed by atoms with E-state index in [9.17, 15) is 19.6 Å². The lowest BCUT2D eigenvalue weighted by Crippen LogP contribution is -2.62. The van der Waals surface area contributed by atoms with Gasteiger partial charge in [-0.1, -0.05) is 50.6 Å². The minimum absolute atomic E-state index is 0.109. The topological polar surface area (TPSA) is 154 Å². The van der Waals surface area contributed by atoms with Crippen molar-refractivity contribution in [2.24, 2.45) is 7.05 Å². The number of nitriles is 1. The van der Waals surface area contributed by atoms with Crippen molar-refractivity contribution in [3.8, 4) is 17.6 Å². The normalized spacial score (nSPS) is 21.5. The van der Waals surface area contributed by atoms with Crippen LogP contribution in [0.15, 0.2) is 59.5 Å². The minimum atomic E-state index is -0.651. The number of halogens is 1. The number of allylic oxidation sites excluding steroid dienone is 1. The number of hydrogen-bond acceptors (Lipinski definition) is 12. The van der Waals surface area contributed by atoms with Crippen LogP contribution in [0.4, 0.5) is 5.95 Å². The first-order valence-electron chi connectivity index (χ1n) is 23.5. The molecule has 4 saturated heterocycles. The average Bonchev–Trinajstić information content (AvgIpc) is 3.58. The summed E-state index contributed by atoms with van der Waals surface area (Å²) in [5, 5.41) is 12.6. The molecule has 1 N–H and O–H groups in total. The van der Waals surface area contributed by atoms with Crippen LogP contribution in [0.5, 0.6) is 11.5 Å². The fourth-order valence-corrected chi connectivity index (χ4v) is 11.0. The zero-order valence-electron chi connectivity index (χ0n) is 38.8. The number of aromatic nitrogens is 4. The van der Waals surface area contributed by atoms with E-state index in [2.05, 4.69) is 62.8 Å². The summed E-state index contributed by atoms with van der Waals surface area (Å²) in [6, 6.07) is 16.4.